The summed E-state index contributed by atoms with van der Waals surface area (Å²) in [5.41, 5.74) is 6.44. The van der Waals surface area contributed by atoms with Crippen LogP contribution >= 0.6 is 11.8 Å². The lowest BCUT2D eigenvalue weighted by Crippen LogP contribution is -2.37. The Morgan fingerprint density at radius 2 is 1.85 bits per heavy atom. The van der Waals surface area contributed by atoms with Crippen molar-refractivity contribution in [3.8, 4) is 0 Å². The summed E-state index contributed by atoms with van der Waals surface area (Å²) in [5, 5.41) is 0.979. The third kappa shape index (κ3) is 5.02. The van der Waals surface area contributed by atoms with Crippen LogP contribution in [0.4, 0.5) is 0 Å². The van der Waals surface area contributed by atoms with Crippen molar-refractivity contribution in [3.05, 3.63) is 89.2 Å². The molecule has 2 aromatic heterocycles. The van der Waals surface area contributed by atoms with Gasteiger partial charge in [-0.1, -0.05) is 60.6 Å². The Kier molecular flexibility index (Phi) is 6.68. The van der Waals surface area contributed by atoms with E-state index in [1.165, 1.54) is 11.1 Å². The fourth-order valence-electron chi connectivity index (χ4n) is 4.49. The number of carbonyl (C=O) groups excluding carboxylic acids is 1. The Balaban J connectivity index is 1.34. The fourth-order valence-corrected chi connectivity index (χ4v) is 5.45. The lowest BCUT2D eigenvalue weighted by atomic mass is 9.98. The molecule has 0 bridgehead atoms. The minimum absolute atomic E-state index is 0.144. The number of benzene rings is 2. The van der Waals surface area contributed by atoms with Crippen molar-refractivity contribution in [2.45, 2.75) is 44.1 Å². The van der Waals surface area contributed by atoms with E-state index in [4.69, 9.17) is 4.98 Å². The molecule has 0 atom stereocenters. The number of pyridine rings is 1. The number of aromatic nitrogens is 3. The Bertz CT molecular complexity index is 1290. The predicted octanol–water partition coefficient (Wildman–Crippen LogP) is 5.95. The van der Waals surface area contributed by atoms with Gasteiger partial charge in [-0.05, 0) is 55.0 Å². The van der Waals surface area contributed by atoms with E-state index in [-0.39, 0.29) is 5.91 Å². The minimum atomic E-state index is 0.144. The van der Waals surface area contributed by atoms with Gasteiger partial charge in [0.15, 0.2) is 5.16 Å². The number of piperidine rings is 1. The first-order valence-corrected chi connectivity index (χ1v) is 12.9. The monoisotopic (exact) mass is 470 g/mol. The Labute approximate surface area is 205 Å². The van der Waals surface area contributed by atoms with Crippen molar-refractivity contribution < 1.29 is 4.79 Å². The number of fused-ring (bicyclic) bond motifs is 1. The number of likely N-dealkylation sites (tertiary alicyclic amines) is 1. The first-order valence-electron chi connectivity index (χ1n) is 11.9. The molecule has 1 amide bonds. The molecule has 0 N–H and O–H groups in total. The number of hydrogen-bond acceptors (Lipinski definition) is 4. The van der Waals surface area contributed by atoms with Crippen LogP contribution in [0.3, 0.4) is 0 Å². The van der Waals surface area contributed by atoms with Crippen molar-refractivity contribution in [3.63, 3.8) is 0 Å². The van der Waals surface area contributed by atoms with E-state index in [0.717, 1.165) is 59.0 Å². The van der Waals surface area contributed by atoms with Gasteiger partial charge in [-0.25, -0.2) is 4.98 Å². The highest BCUT2D eigenvalue weighted by molar-refractivity contribution is 7.98. The van der Waals surface area contributed by atoms with Crippen LogP contribution in [0.15, 0.2) is 72.1 Å². The third-order valence-electron chi connectivity index (χ3n) is 6.58. The highest BCUT2D eigenvalue weighted by atomic mass is 32.2. The molecule has 0 aliphatic carbocycles. The quantitative estimate of drug-likeness (QED) is 0.327. The summed E-state index contributed by atoms with van der Waals surface area (Å²) in [6.07, 6.45) is 5.85. The van der Waals surface area contributed by atoms with Crippen LogP contribution in [0.5, 0.6) is 0 Å². The number of aryl methyl sites for hydroxylation is 1. The minimum Gasteiger partial charge on any atom is -0.339 e. The number of imidazole rings is 1. The molecule has 1 aliphatic heterocycles. The lowest BCUT2D eigenvalue weighted by molar-refractivity contribution is 0.0697. The zero-order valence-corrected chi connectivity index (χ0v) is 20.6. The summed E-state index contributed by atoms with van der Waals surface area (Å²) in [7, 11) is 0. The maximum atomic E-state index is 12.9. The van der Waals surface area contributed by atoms with Crippen molar-refractivity contribution in [2.24, 2.45) is 5.92 Å². The van der Waals surface area contributed by atoms with Crippen LogP contribution in [-0.2, 0) is 12.3 Å². The van der Waals surface area contributed by atoms with Crippen LogP contribution < -0.4 is 0 Å². The number of carbonyl (C=O) groups is 1. The SMILES string of the molecule is Cc1cccc(CSc2nc3ccncc3n2Cc2ccc(C(=O)N3CCC(C)CC3)cc2)c1. The summed E-state index contributed by atoms with van der Waals surface area (Å²) in [6.45, 7) is 6.79. The third-order valence-corrected chi connectivity index (χ3v) is 7.63. The predicted molar refractivity (Wildman–Crippen MR) is 138 cm³/mol. The van der Waals surface area contributed by atoms with E-state index in [2.05, 4.69) is 59.8 Å². The zero-order chi connectivity index (χ0) is 23.5. The molecule has 0 saturated carbocycles. The normalized spacial score (nSPS) is 14.6. The number of thioether (sulfide) groups is 1. The van der Waals surface area contributed by atoms with E-state index in [9.17, 15) is 4.79 Å². The maximum Gasteiger partial charge on any atom is 0.253 e. The molecule has 1 fully saturated rings. The summed E-state index contributed by atoms with van der Waals surface area (Å²) < 4.78 is 2.23. The van der Waals surface area contributed by atoms with Crippen molar-refractivity contribution in [2.75, 3.05) is 13.1 Å². The molecule has 174 valence electrons. The summed E-state index contributed by atoms with van der Waals surface area (Å²) in [6, 6.07) is 18.6. The molecule has 5 nitrogen and oxygen atoms in total. The van der Waals surface area contributed by atoms with Gasteiger partial charge in [-0.2, -0.15) is 0 Å². The van der Waals surface area contributed by atoms with Crippen molar-refractivity contribution in [1.29, 1.82) is 0 Å². The molecule has 0 unspecified atom stereocenters. The van der Waals surface area contributed by atoms with Crippen LogP contribution in [0.1, 0.15) is 46.8 Å². The molecule has 0 radical (unpaired) electrons. The van der Waals surface area contributed by atoms with E-state index in [0.29, 0.717) is 12.5 Å². The molecule has 2 aromatic carbocycles. The van der Waals surface area contributed by atoms with E-state index in [1.807, 2.05) is 29.3 Å². The molecule has 34 heavy (non-hydrogen) atoms. The van der Waals surface area contributed by atoms with Gasteiger partial charge >= 0.3 is 0 Å². The molecular weight excluding hydrogens is 440 g/mol. The largest absolute Gasteiger partial charge is 0.339 e. The summed E-state index contributed by atoms with van der Waals surface area (Å²) in [4.78, 5) is 24.1. The standard InChI is InChI=1S/C28H30N4OS/c1-20-11-14-31(15-12-20)27(33)24-8-6-22(7-9-24)18-32-26-17-29-13-10-25(26)30-28(32)34-19-23-5-3-4-21(2)16-23/h3-10,13,16-17,20H,11-12,14-15,18-19H2,1-2H3. The topological polar surface area (TPSA) is 51.0 Å². The number of rotatable bonds is 6. The summed E-state index contributed by atoms with van der Waals surface area (Å²) >= 11 is 1.74. The Morgan fingerprint density at radius 1 is 1.06 bits per heavy atom. The van der Waals surface area contributed by atoms with Gasteiger partial charge in [0.2, 0.25) is 0 Å². The average Bonchev–Trinajstić information content (AvgIpc) is 3.20. The second-order valence-electron chi connectivity index (χ2n) is 9.29. The molecule has 5 rings (SSSR count). The Morgan fingerprint density at radius 3 is 2.62 bits per heavy atom. The molecule has 1 aliphatic rings. The lowest BCUT2D eigenvalue weighted by Gasteiger charge is -2.30. The number of amides is 1. The Hall–Kier alpha value is -3.12. The van der Waals surface area contributed by atoms with E-state index in [1.54, 1.807) is 18.0 Å². The number of nitrogens with zero attached hydrogens (tertiary/aromatic N) is 4. The highest BCUT2D eigenvalue weighted by Gasteiger charge is 2.21. The smallest absolute Gasteiger partial charge is 0.253 e. The molecule has 1 saturated heterocycles. The van der Waals surface area contributed by atoms with Gasteiger partial charge in [0.1, 0.15) is 0 Å². The van der Waals surface area contributed by atoms with E-state index < -0.39 is 0 Å². The highest BCUT2D eigenvalue weighted by Crippen LogP contribution is 2.28. The van der Waals surface area contributed by atoms with Gasteiger partial charge < -0.3 is 9.47 Å². The van der Waals surface area contributed by atoms with Gasteiger partial charge in [-0.3, -0.25) is 9.78 Å². The van der Waals surface area contributed by atoms with Gasteiger partial charge in [0.25, 0.3) is 5.91 Å². The maximum absolute atomic E-state index is 12.9. The van der Waals surface area contributed by atoms with Gasteiger partial charge in [0, 0.05) is 30.6 Å². The number of hydrogen-bond donors (Lipinski definition) is 0. The first-order chi connectivity index (χ1) is 16.6. The average molecular weight is 471 g/mol. The van der Waals surface area contributed by atoms with Crippen LogP contribution in [-0.4, -0.2) is 38.4 Å². The van der Waals surface area contributed by atoms with Crippen molar-refractivity contribution >= 4 is 28.7 Å². The molecular formula is C28H30N4OS. The fraction of sp³-hybridized carbons (Fsp3) is 0.321. The van der Waals surface area contributed by atoms with Crippen molar-refractivity contribution in [1.82, 2.24) is 19.4 Å². The van der Waals surface area contributed by atoms with Crippen LogP contribution in [0.2, 0.25) is 0 Å². The van der Waals surface area contributed by atoms with Gasteiger partial charge in [-0.15, -0.1) is 0 Å². The van der Waals surface area contributed by atoms with Crippen LogP contribution in [0.25, 0.3) is 11.0 Å². The molecule has 3 heterocycles. The van der Waals surface area contributed by atoms with Gasteiger partial charge in [0.05, 0.1) is 23.8 Å². The molecule has 0 spiro atoms. The molecule has 6 heteroatoms. The van der Waals surface area contributed by atoms with E-state index >= 15 is 0 Å². The second-order valence-corrected chi connectivity index (χ2v) is 10.2. The summed E-state index contributed by atoms with van der Waals surface area (Å²) in [5.74, 6) is 1.72. The first kappa shape index (κ1) is 22.7. The van der Waals surface area contributed by atoms with Crippen LogP contribution in [0, 0.1) is 12.8 Å². The zero-order valence-electron chi connectivity index (χ0n) is 19.8. The second kappa shape index (κ2) is 10.0. The molecule has 4 aromatic rings.